The number of halogens is 2. The predicted octanol–water partition coefficient (Wildman–Crippen LogP) is 12.6. The van der Waals surface area contributed by atoms with Gasteiger partial charge in [-0.05, 0) is 121 Å². The average Bonchev–Trinajstić information content (AvgIpc) is 4.40. The summed E-state index contributed by atoms with van der Waals surface area (Å²) in [5, 5.41) is 4.46. The number of anilines is 3. The van der Waals surface area contributed by atoms with E-state index >= 15 is 0 Å². The molecule has 0 spiro atoms. The number of benzene rings is 6. The van der Waals surface area contributed by atoms with E-state index in [4.69, 9.17) is 47.6 Å². The van der Waals surface area contributed by atoms with E-state index in [-0.39, 0.29) is 0 Å². The highest BCUT2D eigenvalue weighted by molar-refractivity contribution is 7.10. The van der Waals surface area contributed by atoms with E-state index in [0.717, 1.165) is 176 Å². The standard InChI is InChI=1S/C21H23ClN4OS.C21H24N4OS.C20H21ClN4S/c1-27-19-4-2-3-16(15-19)9-10-25-11-13-26(14-12-25)21-23-20(24-28-21)17-5-7-18(22)8-6-17;1-16-6-3-4-7-18(16)15-24-10-12-25(13-11-24)21-22-20(23-27-21)17-8-5-9-19(14-17)26-2;1-15-4-2-3-5-17(15)14-24-10-12-25(13-11-24)20-22-19(23-26-20)16-6-8-18(21)9-7-16/h2-8,15H,9-14H2,1H3;3-9,14H,10-13,15H2,1-2H3;2-9H,10-14H2,1H3. The van der Waals surface area contributed by atoms with Gasteiger partial charge in [-0.15, -0.1) is 0 Å². The number of hydrogen-bond acceptors (Lipinski definition) is 17. The highest BCUT2D eigenvalue weighted by Gasteiger charge is 2.24. The van der Waals surface area contributed by atoms with Crippen LogP contribution in [-0.4, -0.2) is 142 Å². The molecule has 3 aliphatic rings. The van der Waals surface area contributed by atoms with Crippen LogP contribution in [0.15, 0.2) is 146 Å². The normalized spacial score (nSPS) is 15.2. The Bertz CT molecular complexity index is 3390. The Balaban J connectivity index is 0.000000136. The minimum Gasteiger partial charge on any atom is -0.497 e. The van der Waals surface area contributed by atoms with E-state index in [9.17, 15) is 0 Å². The van der Waals surface area contributed by atoms with Gasteiger partial charge in [0.25, 0.3) is 0 Å². The summed E-state index contributed by atoms with van der Waals surface area (Å²) in [5.41, 5.74) is 9.90. The van der Waals surface area contributed by atoms with Crippen molar-refractivity contribution in [3.05, 3.63) is 183 Å². The summed E-state index contributed by atoms with van der Waals surface area (Å²) in [6.07, 6.45) is 1.04. The average molecular weight is 1180 g/mol. The molecule has 0 bridgehead atoms. The van der Waals surface area contributed by atoms with Crippen LogP contribution in [0.5, 0.6) is 11.5 Å². The quantitative estimate of drug-likeness (QED) is 0.0970. The van der Waals surface area contributed by atoms with E-state index in [1.165, 1.54) is 62.4 Å². The number of aryl methyl sites for hydroxylation is 2. The second-order valence-electron chi connectivity index (χ2n) is 20.3. The fourth-order valence-corrected chi connectivity index (χ4v) is 12.3. The topological polar surface area (TPSA) is 115 Å². The number of nitrogens with zero attached hydrogens (tertiary/aromatic N) is 12. The molecular formula is C62H68Cl2N12O2S3. The van der Waals surface area contributed by atoms with Gasteiger partial charge < -0.3 is 24.2 Å². The maximum absolute atomic E-state index is 5.96. The van der Waals surface area contributed by atoms with Crippen molar-refractivity contribution in [2.24, 2.45) is 0 Å². The van der Waals surface area contributed by atoms with Crippen molar-refractivity contribution in [1.82, 2.24) is 42.8 Å². The Kier molecular flexibility index (Phi) is 20.3. The number of piperazine rings is 3. The molecule has 3 aliphatic heterocycles. The zero-order chi connectivity index (χ0) is 55.9. The lowest BCUT2D eigenvalue weighted by atomic mass is 10.1. The molecule has 9 aromatic rings. The molecule has 12 rings (SSSR count). The zero-order valence-electron chi connectivity index (χ0n) is 46.3. The molecule has 81 heavy (non-hydrogen) atoms. The Hall–Kier alpha value is -6.54. The van der Waals surface area contributed by atoms with Gasteiger partial charge in [0, 0.05) is 160 Å². The third kappa shape index (κ3) is 15.9. The molecule has 0 atom stereocenters. The molecular weight excluding hydrogens is 1110 g/mol. The lowest BCUT2D eigenvalue weighted by Gasteiger charge is -2.34. The van der Waals surface area contributed by atoms with Gasteiger partial charge in [-0.1, -0.05) is 96.0 Å². The van der Waals surface area contributed by atoms with Crippen LogP contribution in [0.3, 0.4) is 0 Å². The number of ether oxygens (including phenoxy) is 2. The van der Waals surface area contributed by atoms with Gasteiger partial charge in [0.15, 0.2) is 17.5 Å². The molecule has 3 fully saturated rings. The molecule has 0 radical (unpaired) electrons. The van der Waals surface area contributed by atoms with Gasteiger partial charge in [0.1, 0.15) is 11.5 Å². The van der Waals surface area contributed by atoms with Crippen LogP contribution in [0, 0.1) is 13.8 Å². The van der Waals surface area contributed by atoms with Crippen molar-refractivity contribution >= 4 is 73.2 Å². The molecule has 14 nitrogen and oxygen atoms in total. The smallest absolute Gasteiger partial charge is 0.205 e. The SMILES string of the molecule is COc1cccc(-c2nsc(N3CCN(Cc4ccccc4C)CC3)n2)c1.COc1cccc(CCN2CCN(c3nc(-c4ccc(Cl)cc4)ns3)CC2)c1.Cc1ccccc1CN1CCN(c2nc(-c3ccc(Cl)cc3)ns2)CC1. The fourth-order valence-electron chi connectivity index (χ4n) is 9.87. The number of aromatic nitrogens is 6. The second kappa shape index (κ2) is 28.4. The lowest BCUT2D eigenvalue weighted by Crippen LogP contribution is -2.47. The molecule has 6 heterocycles. The largest absolute Gasteiger partial charge is 0.497 e. The first-order valence-corrected chi connectivity index (χ1v) is 30.5. The first-order chi connectivity index (χ1) is 39.6. The molecule has 0 amide bonds. The summed E-state index contributed by atoms with van der Waals surface area (Å²) in [7, 11) is 3.39. The van der Waals surface area contributed by atoms with E-state index in [0.29, 0.717) is 0 Å². The van der Waals surface area contributed by atoms with Crippen molar-refractivity contribution in [3.8, 4) is 45.7 Å². The molecule has 420 valence electrons. The van der Waals surface area contributed by atoms with Gasteiger partial charge in [-0.2, -0.15) is 28.1 Å². The van der Waals surface area contributed by atoms with Gasteiger partial charge >= 0.3 is 0 Å². The molecule has 0 N–H and O–H groups in total. The van der Waals surface area contributed by atoms with Crippen molar-refractivity contribution in [2.45, 2.75) is 33.4 Å². The van der Waals surface area contributed by atoms with E-state index in [1.807, 2.05) is 78.9 Å². The van der Waals surface area contributed by atoms with Crippen molar-refractivity contribution in [3.63, 3.8) is 0 Å². The highest BCUT2D eigenvalue weighted by Crippen LogP contribution is 2.30. The minimum atomic E-state index is 0.726. The Morgan fingerprint density at radius 1 is 0.420 bits per heavy atom. The van der Waals surface area contributed by atoms with Crippen LogP contribution in [0.2, 0.25) is 10.0 Å². The monoisotopic (exact) mass is 1180 g/mol. The molecule has 3 aromatic heterocycles. The number of hydrogen-bond donors (Lipinski definition) is 0. The summed E-state index contributed by atoms with van der Waals surface area (Å²) in [5.74, 6) is 4.08. The van der Waals surface area contributed by atoms with Crippen LogP contribution < -0.4 is 24.2 Å². The van der Waals surface area contributed by atoms with E-state index in [1.54, 1.807) is 14.2 Å². The van der Waals surface area contributed by atoms with Gasteiger partial charge in [0.2, 0.25) is 15.4 Å². The van der Waals surface area contributed by atoms with Crippen molar-refractivity contribution in [1.29, 1.82) is 0 Å². The molecule has 0 aliphatic carbocycles. The number of methoxy groups -OCH3 is 2. The number of rotatable bonds is 15. The van der Waals surface area contributed by atoms with Gasteiger partial charge in [-0.25, -0.2) is 0 Å². The lowest BCUT2D eigenvalue weighted by molar-refractivity contribution is 0.249. The minimum absolute atomic E-state index is 0.726. The van der Waals surface area contributed by atoms with Gasteiger partial charge in [0.05, 0.1) is 14.2 Å². The summed E-state index contributed by atoms with van der Waals surface area (Å²) in [4.78, 5) is 28.8. The highest BCUT2D eigenvalue weighted by atomic mass is 35.5. The van der Waals surface area contributed by atoms with E-state index in [2.05, 4.69) is 123 Å². The Morgan fingerprint density at radius 2 is 0.815 bits per heavy atom. The predicted molar refractivity (Wildman–Crippen MR) is 335 cm³/mol. The second-order valence-corrected chi connectivity index (χ2v) is 23.3. The maximum Gasteiger partial charge on any atom is 0.205 e. The summed E-state index contributed by atoms with van der Waals surface area (Å²) < 4.78 is 24.2. The van der Waals surface area contributed by atoms with Gasteiger partial charge in [-0.3, -0.25) is 14.7 Å². The first kappa shape index (κ1) is 57.7. The molecule has 3 saturated heterocycles. The van der Waals surface area contributed by atoms with Crippen LogP contribution in [0.25, 0.3) is 34.2 Å². The van der Waals surface area contributed by atoms with Crippen LogP contribution in [0.4, 0.5) is 15.4 Å². The molecule has 6 aromatic carbocycles. The molecule has 0 unspecified atom stereocenters. The maximum atomic E-state index is 5.96. The van der Waals surface area contributed by atoms with Crippen molar-refractivity contribution in [2.75, 3.05) is 114 Å². The van der Waals surface area contributed by atoms with E-state index < -0.39 is 0 Å². The van der Waals surface area contributed by atoms with Crippen LogP contribution >= 0.6 is 57.8 Å². The van der Waals surface area contributed by atoms with Crippen LogP contribution in [0.1, 0.15) is 27.8 Å². The zero-order valence-corrected chi connectivity index (χ0v) is 50.3. The fraction of sp³-hybridized carbons (Fsp3) is 0.323. The van der Waals surface area contributed by atoms with Crippen molar-refractivity contribution < 1.29 is 9.47 Å². The molecule has 19 heteroatoms. The first-order valence-electron chi connectivity index (χ1n) is 27.4. The summed E-state index contributed by atoms with van der Waals surface area (Å²) in [6, 6.07) is 48.9. The summed E-state index contributed by atoms with van der Waals surface area (Å²) in [6.45, 7) is 19.6. The summed E-state index contributed by atoms with van der Waals surface area (Å²) >= 11 is 16.3. The molecule has 0 saturated carbocycles. The third-order valence-corrected chi connectivity index (χ3v) is 17.7. The Morgan fingerprint density at radius 3 is 1.25 bits per heavy atom. The third-order valence-electron chi connectivity index (χ3n) is 14.9. The Labute approximate surface area is 498 Å². The van der Waals surface area contributed by atoms with Crippen LogP contribution in [-0.2, 0) is 19.5 Å².